The second-order valence-electron chi connectivity index (χ2n) is 5.61. The summed E-state index contributed by atoms with van der Waals surface area (Å²) in [6.45, 7) is 1.47. The van der Waals surface area contributed by atoms with Gasteiger partial charge >= 0.3 is 6.09 Å². The number of hydrogen-bond donors (Lipinski definition) is 1. The summed E-state index contributed by atoms with van der Waals surface area (Å²) in [5.41, 5.74) is 2.34. The van der Waals surface area contributed by atoms with Crippen LogP contribution in [0.2, 0.25) is 0 Å². The molecule has 3 aromatic rings. The van der Waals surface area contributed by atoms with Gasteiger partial charge in [0, 0.05) is 36.7 Å². The molecule has 1 aliphatic heterocycles. The smallest absolute Gasteiger partial charge is 0.417 e. The number of fused-ring (bicyclic) bond motifs is 1. The zero-order valence-electron chi connectivity index (χ0n) is 12.6. The summed E-state index contributed by atoms with van der Waals surface area (Å²) in [7, 11) is 0. The van der Waals surface area contributed by atoms with Crippen molar-refractivity contribution < 1.29 is 14.6 Å². The van der Waals surface area contributed by atoms with E-state index in [1.54, 1.807) is 6.20 Å². The summed E-state index contributed by atoms with van der Waals surface area (Å²) in [5.74, 6) is 0. The highest BCUT2D eigenvalue weighted by atomic mass is 79.9. The Balaban J connectivity index is 1.80. The molecule has 1 N–H and O–H groups in total. The van der Waals surface area contributed by atoms with Crippen LogP contribution in [0.4, 0.5) is 4.79 Å². The van der Waals surface area contributed by atoms with Crippen LogP contribution in [0.1, 0.15) is 18.9 Å². The van der Waals surface area contributed by atoms with Crippen LogP contribution in [0.15, 0.2) is 29.4 Å². The molecule has 0 amide bonds. The van der Waals surface area contributed by atoms with Crippen LogP contribution in [0.5, 0.6) is 0 Å². The van der Waals surface area contributed by atoms with E-state index in [0.717, 1.165) is 36.2 Å². The van der Waals surface area contributed by atoms with Gasteiger partial charge in [-0.05, 0) is 28.8 Å². The lowest BCUT2D eigenvalue weighted by Gasteiger charge is -2.22. The number of ether oxygens (including phenoxy) is 1. The molecule has 0 bridgehead atoms. The van der Waals surface area contributed by atoms with Crippen molar-refractivity contribution in [3.63, 3.8) is 0 Å². The van der Waals surface area contributed by atoms with E-state index in [2.05, 4.69) is 31.0 Å². The van der Waals surface area contributed by atoms with E-state index in [1.807, 2.05) is 10.9 Å². The molecule has 0 atom stereocenters. The Morgan fingerprint density at radius 2 is 2.08 bits per heavy atom. The molecule has 1 fully saturated rings. The second-order valence-corrected chi connectivity index (χ2v) is 6.43. The van der Waals surface area contributed by atoms with Gasteiger partial charge in [0.05, 0.1) is 18.4 Å². The van der Waals surface area contributed by atoms with Crippen molar-refractivity contribution in [2.24, 2.45) is 0 Å². The first kappa shape index (κ1) is 15.3. The van der Waals surface area contributed by atoms with Gasteiger partial charge in [-0.3, -0.25) is 4.68 Å². The van der Waals surface area contributed by atoms with Gasteiger partial charge in [-0.2, -0.15) is 5.10 Å². The SMILES string of the molecule is O=C(O)n1cc(-c2cnn(C3CCOCC3)c2)c2nc(Br)cnc21. The Morgan fingerprint density at radius 1 is 1.29 bits per heavy atom. The third-order valence-corrected chi connectivity index (χ3v) is 4.53. The van der Waals surface area contributed by atoms with Crippen LogP contribution in [0.3, 0.4) is 0 Å². The molecule has 8 nitrogen and oxygen atoms in total. The molecule has 0 spiro atoms. The standard InChI is InChI=1S/C15H14BrN5O3/c16-12-6-17-14-13(19-12)11(8-20(14)15(22)23)9-5-18-21(7-9)10-1-3-24-4-2-10/h5-8,10H,1-4H2,(H,22,23). The van der Waals surface area contributed by atoms with E-state index in [1.165, 1.54) is 12.4 Å². The highest BCUT2D eigenvalue weighted by Gasteiger charge is 2.20. The normalized spacial score (nSPS) is 15.9. The molecule has 4 heterocycles. The second kappa shape index (κ2) is 5.99. The topological polar surface area (TPSA) is 95.1 Å². The average molecular weight is 392 g/mol. The molecule has 9 heteroatoms. The fourth-order valence-corrected chi connectivity index (χ4v) is 3.23. The largest absolute Gasteiger partial charge is 0.464 e. The molecule has 0 aliphatic carbocycles. The molecule has 0 saturated carbocycles. The molecular formula is C15H14BrN5O3. The molecule has 4 rings (SSSR count). The average Bonchev–Trinajstić information content (AvgIpc) is 3.19. The molecule has 1 saturated heterocycles. The monoisotopic (exact) mass is 391 g/mol. The number of carbonyl (C=O) groups is 1. The summed E-state index contributed by atoms with van der Waals surface area (Å²) in [6, 6.07) is 0.304. The van der Waals surface area contributed by atoms with E-state index >= 15 is 0 Å². The maximum atomic E-state index is 11.4. The number of carboxylic acid groups (broad SMARTS) is 1. The Labute approximate surface area is 145 Å². The summed E-state index contributed by atoms with van der Waals surface area (Å²) < 4.78 is 8.94. The first-order valence-corrected chi connectivity index (χ1v) is 8.32. The summed E-state index contributed by atoms with van der Waals surface area (Å²) in [6.07, 6.45) is 7.42. The predicted octanol–water partition coefficient (Wildman–Crippen LogP) is 2.93. The lowest BCUT2D eigenvalue weighted by atomic mass is 10.1. The maximum absolute atomic E-state index is 11.4. The number of rotatable bonds is 2. The number of nitrogens with zero attached hydrogens (tertiary/aromatic N) is 5. The Morgan fingerprint density at radius 3 is 2.83 bits per heavy atom. The first-order chi connectivity index (χ1) is 11.6. The summed E-state index contributed by atoms with van der Waals surface area (Å²) in [5, 5.41) is 13.8. The van der Waals surface area contributed by atoms with Crippen molar-refractivity contribution >= 4 is 33.2 Å². The third-order valence-electron chi connectivity index (χ3n) is 4.15. The van der Waals surface area contributed by atoms with E-state index in [9.17, 15) is 9.90 Å². The Bertz CT molecular complexity index is 913. The fourth-order valence-electron chi connectivity index (χ4n) is 2.95. The van der Waals surface area contributed by atoms with Crippen LogP contribution >= 0.6 is 15.9 Å². The van der Waals surface area contributed by atoms with Gasteiger partial charge in [0.15, 0.2) is 5.65 Å². The van der Waals surface area contributed by atoms with Crippen molar-refractivity contribution in [2.45, 2.75) is 18.9 Å². The van der Waals surface area contributed by atoms with Crippen LogP contribution < -0.4 is 0 Å². The zero-order chi connectivity index (χ0) is 16.7. The lowest BCUT2D eigenvalue weighted by Crippen LogP contribution is -2.19. The highest BCUT2D eigenvalue weighted by molar-refractivity contribution is 9.10. The molecule has 0 aromatic carbocycles. The van der Waals surface area contributed by atoms with Gasteiger partial charge in [-0.1, -0.05) is 0 Å². The third kappa shape index (κ3) is 2.59. The summed E-state index contributed by atoms with van der Waals surface area (Å²) >= 11 is 3.29. The number of hydrogen-bond acceptors (Lipinski definition) is 5. The predicted molar refractivity (Wildman–Crippen MR) is 89.0 cm³/mol. The molecule has 1 aliphatic rings. The minimum absolute atomic E-state index is 0.304. The maximum Gasteiger partial charge on any atom is 0.417 e. The quantitative estimate of drug-likeness (QED) is 0.721. The lowest BCUT2D eigenvalue weighted by molar-refractivity contribution is 0.0662. The number of aromatic nitrogens is 5. The van der Waals surface area contributed by atoms with Crippen LogP contribution in [-0.4, -0.2) is 48.7 Å². The molecule has 24 heavy (non-hydrogen) atoms. The molecule has 3 aromatic heterocycles. The Kier molecular flexibility index (Phi) is 3.81. The van der Waals surface area contributed by atoms with Crippen molar-refractivity contribution in [1.82, 2.24) is 24.3 Å². The molecular weight excluding hydrogens is 378 g/mol. The zero-order valence-corrected chi connectivity index (χ0v) is 14.2. The highest BCUT2D eigenvalue weighted by Crippen LogP contribution is 2.30. The van der Waals surface area contributed by atoms with Crippen molar-refractivity contribution in [2.75, 3.05) is 13.2 Å². The minimum atomic E-state index is -1.10. The van der Waals surface area contributed by atoms with Gasteiger partial charge in [-0.15, -0.1) is 0 Å². The molecule has 0 radical (unpaired) electrons. The van der Waals surface area contributed by atoms with Crippen molar-refractivity contribution in [1.29, 1.82) is 0 Å². The van der Waals surface area contributed by atoms with Crippen molar-refractivity contribution in [3.8, 4) is 11.1 Å². The molecule has 124 valence electrons. The van der Waals surface area contributed by atoms with E-state index in [0.29, 0.717) is 27.4 Å². The van der Waals surface area contributed by atoms with Gasteiger partial charge in [0.1, 0.15) is 10.1 Å². The van der Waals surface area contributed by atoms with E-state index in [-0.39, 0.29) is 0 Å². The fraction of sp³-hybridized carbons (Fsp3) is 0.333. The minimum Gasteiger partial charge on any atom is -0.464 e. The first-order valence-electron chi connectivity index (χ1n) is 7.52. The van der Waals surface area contributed by atoms with Gasteiger partial charge in [-0.25, -0.2) is 19.3 Å². The van der Waals surface area contributed by atoms with Crippen LogP contribution in [0, 0.1) is 0 Å². The van der Waals surface area contributed by atoms with E-state index < -0.39 is 6.09 Å². The van der Waals surface area contributed by atoms with Gasteiger partial charge in [0.25, 0.3) is 0 Å². The van der Waals surface area contributed by atoms with Crippen LogP contribution in [0.25, 0.3) is 22.3 Å². The summed E-state index contributed by atoms with van der Waals surface area (Å²) in [4.78, 5) is 20.0. The molecule has 0 unspecified atom stereocenters. The van der Waals surface area contributed by atoms with Gasteiger partial charge in [0.2, 0.25) is 0 Å². The Hall–Kier alpha value is -2.26. The van der Waals surface area contributed by atoms with Crippen molar-refractivity contribution in [3.05, 3.63) is 29.4 Å². The van der Waals surface area contributed by atoms with Crippen LogP contribution in [-0.2, 0) is 4.74 Å². The van der Waals surface area contributed by atoms with Gasteiger partial charge < -0.3 is 9.84 Å². The number of halogens is 1. The van der Waals surface area contributed by atoms with E-state index in [4.69, 9.17) is 4.74 Å².